The molecule has 0 aliphatic carbocycles. The predicted molar refractivity (Wildman–Crippen MR) is 76.9 cm³/mol. The first kappa shape index (κ1) is 13.9. The molecule has 1 atom stereocenters. The van der Waals surface area contributed by atoms with Crippen molar-refractivity contribution >= 4 is 6.03 Å². The Bertz CT molecular complexity index is 715. The van der Waals surface area contributed by atoms with Crippen molar-refractivity contribution in [2.45, 2.75) is 6.04 Å². The van der Waals surface area contributed by atoms with Gasteiger partial charge in [-0.25, -0.2) is 4.79 Å². The molecule has 0 fully saturated rings. The second-order valence-electron chi connectivity index (χ2n) is 4.80. The van der Waals surface area contributed by atoms with Crippen LogP contribution in [0.15, 0.2) is 36.4 Å². The van der Waals surface area contributed by atoms with Gasteiger partial charge in [0, 0.05) is 11.6 Å². The highest BCUT2D eigenvalue weighted by atomic mass is 16.7. The summed E-state index contributed by atoms with van der Waals surface area (Å²) in [6, 6.07) is 7.80. The highest BCUT2D eigenvalue weighted by Gasteiger charge is 2.24. The number of primary amides is 1. The van der Waals surface area contributed by atoms with Crippen LogP contribution in [-0.4, -0.2) is 23.0 Å². The highest BCUT2D eigenvalue weighted by molar-refractivity contribution is 5.73. The van der Waals surface area contributed by atoms with Crippen LogP contribution in [0.25, 0.3) is 0 Å². The molecule has 0 saturated carbocycles. The van der Waals surface area contributed by atoms with Gasteiger partial charge in [0.25, 0.3) is 0 Å². The minimum Gasteiger partial charge on any atom is -0.508 e. The van der Waals surface area contributed by atoms with E-state index in [2.05, 4.69) is 5.32 Å². The third-order valence-electron chi connectivity index (χ3n) is 3.35. The molecule has 1 heterocycles. The Balaban J connectivity index is 2.06. The van der Waals surface area contributed by atoms with E-state index < -0.39 is 12.1 Å². The van der Waals surface area contributed by atoms with Crippen molar-refractivity contribution in [1.29, 1.82) is 0 Å². The van der Waals surface area contributed by atoms with Gasteiger partial charge >= 0.3 is 6.03 Å². The first-order chi connectivity index (χ1) is 10.5. The number of benzene rings is 2. The van der Waals surface area contributed by atoms with Crippen molar-refractivity contribution < 1.29 is 24.5 Å². The Labute approximate surface area is 125 Å². The number of carbonyl (C=O) groups is 1. The average Bonchev–Trinajstić information content (AvgIpc) is 2.92. The fourth-order valence-corrected chi connectivity index (χ4v) is 2.33. The van der Waals surface area contributed by atoms with E-state index in [0.717, 1.165) is 0 Å². The molecular formula is C15H14N2O5. The van der Waals surface area contributed by atoms with Crippen LogP contribution in [0.1, 0.15) is 17.2 Å². The lowest BCUT2D eigenvalue weighted by Gasteiger charge is -2.20. The van der Waals surface area contributed by atoms with Crippen LogP contribution in [0.2, 0.25) is 0 Å². The summed E-state index contributed by atoms with van der Waals surface area (Å²) in [5, 5.41) is 22.1. The fourth-order valence-electron chi connectivity index (χ4n) is 2.33. The van der Waals surface area contributed by atoms with Crippen LogP contribution in [0.5, 0.6) is 23.0 Å². The van der Waals surface area contributed by atoms with Gasteiger partial charge in [0.2, 0.25) is 6.79 Å². The topological polar surface area (TPSA) is 114 Å². The van der Waals surface area contributed by atoms with Crippen molar-refractivity contribution in [3.8, 4) is 23.0 Å². The van der Waals surface area contributed by atoms with Crippen molar-refractivity contribution in [1.82, 2.24) is 5.32 Å². The quantitative estimate of drug-likeness (QED) is 0.687. The number of nitrogens with one attached hydrogen (secondary N) is 1. The molecule has 2 aromatic rings. The molecule has 0 spiro atoms. The Morgan fingerprint density at radius 1 is 1.14 bits per heavy atom. The average molecular weight is 302 g/mol. The molecule has 0 radical (unpaired) electrons. The Kier molecular flexibility index (Phi) is 3.38. The maximum Gasteiger partial charge on any atom is 0.312 e. The molecule has 0 aromatic heterocycles. The zero-order valence-electron chi connectivity index (χ0n) is 11.4. The third kappa shape index (κ3) is 2.56. The molecule has 1 aliphatic rings. The van der Waals surface area contributed by atoms with Crippen molar-refractivity contribution in [3.05, 3.63) is 47.5 Å². The summed E-state index contributed by atoms with van der Waals surface area (Å²) in [7, 11) is 0. The summed E-state index contributed by atoms with van der Waals surface area (Å²) in [5.41, 5.74) is 6.28. The van der Waals surface area contributed by atoms with E-state index in [0.29, 0.717) is 22.6 Å². The molecule has 2 aromatic carbocycles. The van der Waals surface area contributed by atoms with Crippen LogP contribution < -0.4 is 20.5 Å². The van der Waals surface area contributed by atoms with Gasteiger partial charge in [0.15, 0.2) is 11.5 Å². The first-order valence-electron chi connectivity index (χ1n) is 6.52. The predicted octanol–water partition coefficient (Wildman–Crippen LogP) is 1.58. The minimum absolute atomic E-state index is 0.0592. The van der Waals surface area contributed by atoms with Gasteiger partial charge in [-0.15, -0.1) is 0 Å². The number of phenols is 2. The fraction of sp³-hybridized carbons (Fsp3) is 0.133. The lowest BCUT2D eigenvalue weighted by atomic mass is 9.97. The largest absolute Gasteiger partial charge is 0.508 e. The maximum absolute atomic E-state index is 11.3. The number of carbonyl (C=O) groups excluding carboxylic acids is 1. The van der Waals surface area contributed by atoms with E-state index in [4.69, 9.17) is 15.2 Å². The van der Waals surface area contributed by atoms with Crippen molar-refractivity contribution in [3.63, 3.8) is 0 Å². The molecular weight excluding hydrogens is 288 g/mol. The summed E-state index contributed by atoms with van der Waals surface area (Å²) in [5.74, 6) is 0.945. The number of amides is 2. The van der Waals surface area contributed by atoms with E-state index in [1.165, 1.54) is 18.2 Å². The van der Waals surface area contributed by atoms with E-state index >= 15 is 0 Å². The van der Waals surface area contributed by atoms with E-state index in [9.17, 15) is 15.0 Å². The molecule has 22 heavy (non-hydrogen) atoms. The van der Waals surface area contributed by atoms with Crippen LogP contribution in [0.3, 0.4) is 0 Å². The summed E-state index contributed by atoms with van der Waals surface area (Å²) < 4.78 is 10.5. The van der Waals surface area contributed by atoms with E-state index in [-0.39, 0.29) is 18.3 Å². The maximum atomic E-state index is 11.3. The molecule has 2 amide bonds. The molecule has 3 rings (SSSR count). The summed E-state index contributed by atoms with van der Waals surface area (Å²) in [4.78, 5) is 11.3. The van der Waals surface area contributed by atoms with E-state index in [1.807, 2.05) is 0 Å². The van der Waals surface area contributed by atoms with Gasteiger partial charge in [-0.2, -0.15) is 0 Å². The molecule has 7 nitrogen and oxygen atoms in total. The lowest BCUT2D eigenvalue weighted by Crippen LogP contribution is -2.33. The summed E-state index contributed by atoms with van der Waals surface area (Å²) in [6.45, 7) is 0.0748. The van der Waals surface area contributed by atoms with Gasteiger partial charge in [0.05, 0.1) is 6.04 Å². The van der Waals surface area contributed by atoms with Crippen molar-refractivity contribution in [2.24, 2.45) is 5.73 Å². The number of phenolic OH excluding ortho intramolecular Hbond substituents is 2. The van der Waals surface area contributed by atoms with E-state index in [1.54, 1.807) is 18.2 Å². The molecule has 0 saturated heterocycles. The number of nitrogens with two attached hydrogens (primary N) is 1. The van der Waals surface area contributed by atoms with Crippen LogP contribution in [0.4, 0.5) is 4.79 Å². The van der Waals surface area contributed by atoms with Gasteiger partial charge in [-0.3, -0.25) is 0 Å². The number of ether oxygens (including phenoxy) is 2. The first-order valence-corrected chi connectivity index (χ1v) is 6.52. The second-order valence-corrected chi connectivity index (χ2v) is 4.80. The number of hydrogen-bond acceptors (Lipinski definition) is 5. The molecule has 7 heteroatoms. The van der Waals surface area contributed by atoms with Crippen LogP contribution in [0, 0.1) is 0 Å². The molecule has 0 bridgehead atoms. The Morgan fingerprint density at radius 2 is 1.77 bits per heavy atom. The van der Waals surface area contributed by atoms with Gasteiger partial charge in [-0.05, 0) is 23.8 Å². The molecule has 1 aliphatic heterocycles. The van der Waals surface area contributed by atoms with Gasteiger partial charge < -0.3 is 30.7 Å². The number of aromatic hydroxyl groups is 2. The summed E-state index contributed by atoms with van der Waals surface area (Å²) in [6.07, 6.45) is 0. The van der Waals surface area contributed by atoms with Gasteiger partial charge in [-0.1, -0.05) is 12.1 Å². The summed E-state index contributed by atoms with van der Waals surface area (Å²) >= 11 is 0. The van der Waals surface area contributed by atoms with Crippen molar-refractivity contribution in [2.75, 3.05) is 6.79 Å². The molecule has 114 valence electrons. The van der Waals surface area contributed by atoms with Crippen LogP contribution >= 0.6 is 0 Å². The number of fused-ring (bicyclic) bond motifs is 1. The SMILES string of the molecule is NC(=O)N[C@H](c1ccc(O)cc1)c1cc2c(cc1O)OCO2. The number of urea groups is 1. The zero-order valence-corrected chi connectivity index (χ0v) is 11.4. The normalized spacial score (nSPS) is 13.6. The smallest absolute Gasteiger partial charge is 0.312 e. The Hall–Kier alpha value is -3.09. The molecule has 0 unspecified atom stereocenters. The Morgan fingerprint density at radius 3 is 2.41 bits per heavy atom. The second kappa shape index (κ2) is 5.36. The minimum atomic E-state index is -0.741. The molecule has 5 N–H and O–H groups in total. The standard InChI is InChI=1S/C15H14N2O5/c16-15(20)17-14(8-1-3-9(18)4-2-8)10-5-12-13(6-11(10)19)22-7-21-12/h1-6,14,18-19H,7H2,(H3,16,17,20)/t14-/m1/s1. The monoisotopic (exact) mass is 302 g/mol. The van der Waals surface area contributed by atoms with Gasteiger partial charge in [0.1, 0.15) is 11.5 Å². The highest BCUT2D eigenvalue weighted by Crippen LogP contribution is 2.41. The number of rotatable bonds is 3. The third-order valence-corrected chi connectivity index (χ3v) is 3.35. The van der Waals surface area contributed by atoms with Crippen LogP contribution in [-0.2, 0) is 0 Å². The number of hydrogen-bond donors (Lipinski definition) is 4. The lowest BCUT2D eigenvalue weighted by molar-refractivity contribution is 0.174. The zero-order chi connectivity index (χ0) is 15.7.